The van der Waals surface area contributed by atoms with Crippen LogP contribution in [-0.4, -0.2) is 22.7 Å². The number of hydrogen-bond acceptors (Lipinski definition) is 4. The van der Waals surface area contributed by atoms with E-state index in [1.807, 2.05) is 6.92 Å². The van der Waals surface area contributed by atoms with Gasteiger partial charge < -0.3 is 5.32 Å². The second kappa shape index (κ2) is 6.70. The van der Waals surface area contributed by atoms with Crippen LogP contribution in [0, 0.1) is 16.0 Å². The third-order valence-corrected chi connectivity index (χ3v) is 3.70. The summed E-state index contributed by atoms with van der Waals surface area (Å²) in [6.07, 6.45) is 0.977. The molecule has 0 aliphatic heterocycles. The highest BCUT2D eigenvalue weighted by atomic mass is 79.9. The Morgan fingerprint density at radius 1 is 1.65 bits per heavy atom. The third kappa shape index (κ3) is 4.43. The van der Waals surface area contributed by atoms with Crippen LogP contribution >= 0.6 is 27.3 Å². The topological polar surface area (TPSA) is 72.2 Å². The monoisotopic (exact) mass is 320 g/mol. The lowest BCUT2D eigenvalue weighted by Gasteiger charge is -2.09. The van der Waals surface area contributed by atoms with E-state index in [1.165, 1.54) is 12.1 Å². The molecule has 5 nitrogen and oxygen atoms in total. The highest BCUT2D eigenvalue weighted by Gasteiger charge is 2.15. The fourth-order valence-electron chi connectivity index (χ4n) is 1.19. The molecule has 1 aromatic rings. The molecule has 1 heterocycles. The van der Waals surface area contributed by atoms with E-state index in [4.69, 9.17) is 0 Å². The molecule has 1 rings (SSSR count). The Morgan fingerprint density at radius 2 is 2.35 bits per heavy atom. The van der Waals surface area contributed by atoms with E-state index in [9.17, 15) is 14.9 Å². The molecule has 0 aliphatic rings. The van der Waals surface area contributed by atoms with E-state index in [2.05, 4.69) is 21.2 Å². The van der Waals surface area contributed by atoms with Crippen LogP contribution in [0.5, 0.6) is 0 Å². The zero-order valence-electron chi connectivity index (χ0n) is 9.31. The fourth-order valence-corrected chi connectivity index (χ4v) is 2.71. The third-order valence-electron chi connectivity index (χ3n) is 2.21. The quantitative estimate of drug-likeness (QED) is 0.497. The van der Waals surface area contributed by atoms with Gasteiger partial charge in [-0.3, -0.25) is 14.9 Å². The average Bonchev–Trinajstić information content (AvgIpc) is 2.75. The number of thiophene rings is 1. The molecule has 0 fully saturated rings. The van der Waals surface area contributed by atoms with Gasteiger partial charge in [0.25, 0.3) is 5.91 Å². The van der Waals surface area contributed by atoms with E-state index in [0.29, 0.717) is 17.3 Å². The first kappa shape index (κ1) is 14.1. The van der Waals surface area contributed by atoms with Gasteiger partial charge in [-0.1, -0.05) is 34.2 Å². The first-order valence-corrected chi connectivity index (χ1v) is 7.06. The minimum absolute atomic E-state index is 0.0105. The number of rotatable bonds is 6. The van der Waals surface area contributed by atoms with Crippen LogP contribution in [0.2, 0.25) is 0 Å². The molecule has 17 heavy (non-hydrogen) atoms. The van der Waals surface area contributed by atoms with Gasteiger partial charge in [0, 0.05) is 17.9 Å². The summed E-state index contributed by atoms with van der Waals surface area (Å²) in [5.41, 5.74) is 0. The van der Waals surface area contributed by atoms with Crippen molar-refractivity contribution in [3.63, 3.8) is 0 Å². The lowest BCUT2D eigenvalue weighted by Crippen LogP contribution is -2.27. The summed E-state index contributed by atoms with van der Waals surface area (Å²) in [4.78, 5) is 22.0. The van der Waals surface area contributed by atoms with Crippen molar-refractivity contribution in [3.05, 3.63) is 27.1 Å². The standard InChI is InChI=1S/C10H13BrN2O3S/c1-7(4-5-11)6-12-10(14)8-2-3-9(17-8)13(15)16/h2-3,7H,4-6H2,1H3,(H,12,14). The van der Waals surface area contributed by atoms with Crippen LogP contribution in [0.4, 0.5) is 5.00 Å². The van der Waals surface area contributed by atoms with Gasteiger partial charge in [0.2, 0.25) is 0 Å². The Hall–Kier alpha value is -0.950. The Morgan fingerprint density at radius 3 is 2.88 bits per heavy atom. The maximum Gasteiger partial charge on any atom is 0.324 e. The van der Waals surface area contributed by atoms with Crippen LogP contribution < -0.4 is 5.32 Å². The van der Waals surface area contributed by atoms with Crippen LogP contribution in [0.15, 0.2) is 12.1 Å². The highest BCUT2D eigenvalue weighted by Crippen LogP contribution is 2.23. The molecular formula is C10H13BrN2O3S. The summed E-state index contributed by atoms with van der Waals surface area (Å²) in [5.74, 6) is 0.137. The number of nitrogens with zero attached hydrogens (tertiary/aromatic N) is 1. The van der Waals surface area contributed by atoms with Crippen molar-refractivity contribution >= 4 is 38.2 Å². The molecule has 0 radical (unpaired) electrons. The Labute approximate surface area is 111 Å². The van der Waals surface area contributed by atoms with Crippen molar-refractivity contribution in [2.45, 2.75) is 13.3 Å². The Balaban J connectivity index is 2.49. The molecule has 0 bridgehead atoms. The molecule has 0 aliphatic carbocycles. The van der Waals surface area contributed by atoms with Gasteiger partial charge in [-0.15, -0.1) is 0 Å². The molecule has 0 spiro atoms. The molecule has 7 heteroatoms. The van der Waals surface area contributed by atoms with Crippen molar-refractivity contribution in [2.75, 3.05) is 11.9 Å². The van der Waals surface area contributed by atoms with Gasteiger partial charge in [-0.25, -0.2) is 0 Å². The number of hydrogen-bond donors (Lipinski definition) is 1. The maximum absolute atomic E-state index is 11.7. The van der Waals surface area contributed by atoms with Crippen molar-refractivity contribution in [1.29, 1.82) is 0 Å². The van der Waals surface area contributed by atoms with E-state index >= 15 is 0 Å². The number of halogens is 1. The van der Waals surface area contributed by atoms with Crippen LogP contribution in [0.25, 0.3) is 0 Å². The summed E-state index contributed by atoms with van der Waals surface area (Å²) in [7, 11) is 0. The van der Waals surface area contributed by atoms with E-state index in [0.717, 1.165) is 23.1 Å². The highest BCUT2D eigenvalue weighted by molar-refractivity contribution is 9.09. The maximum atomic E-state index is 11.7. The molecule has 0 saturated heterocycles. The molecule has 1 amide bonds. The number of nitrogens with one attached hydrogen (secondary N) is 1. The van der Waals surface area contributed by atoms with Gasteiger partial charge in [-0.2, -0.15) is 0 Å². The van der Waals surface area contributed by atoms with Crippen LogP contribution in [-0.2, 0) is 0 Å². The number of carbonyl (C=O) groups excluding carboxylic acids is 1. The molecule has 1 aromatic heterocycles. The Kier molecular flexibility index (Phi) is 5.57. The van der Waals surface area contributed by atoms with Crippen molar-refractivity contribution in [1.82, 2.24) is 5.32 Å². The summed E-state index contributed by atoms with van der Waals surface area (Å²) in [6, 6.07) is 2.83. The molecule has 0 aromatic carbocycles. The lowest BCUT2D eigenvalue weighted by atomic mass is 10.1. The van der Waals surface area contributed by atoms with Gasteiger partial charge in [0.15, 0.2) is 0 Å². The lowest BCUT2D eigenvalue weighted by molar-refractivity contribution is -0.380. The number of amides is 1. The number of nitro groups is 1. The van der Waals surface area contributed by atoms with Crippen molar-refractivity contribution in [2.24, 2.45) is 5.92 Å². The predicted octanol–water partition coefficient (Wildman–Crippen LogP) is 2.81. The molecule has 0 saturated carbocycles. The molecular weight excluding hydrogens is 308 g/mol. The van der Waals surface area contributed by atoms with Crippen LogP contribution in [0.3, 0.4) is 0 Å². The van der Waals surface area contributed by atoms with Gasteiger partial charge >= 0.3 is 5.00 Å². The Bertz CT molecular complexity index is 408. The summed E-state index contributed by atoms with van der Waals surface area (Å²) < 4.78 is 0. The van der Waals surface area contributed by atoms with Gasteiger partial charge in [0.05, 0.1) is 9.80 Å². The van der Waals surface area contributed by atoms with Crippen molar-refractivity contribution in [3.8, 4) is 0 Å². The fraction of sp³-hybridized carbons (Fsp3) is 0.500. The number of carbonyl (C=O) groups is 1. The molecule has 1 unspecified atom stereocenters. The zero-order chi connectivity index (χ0) is 12.8. The second-order valence-electron chi connectivity index (χ2n) is 3.69. The van der Waals surface area contributed by atoms with Gasteiger partial charge in [-0.05, 0) is 18.4 Å². The van der Waals surface area contributed by atoms with E-state index < -0.39 is 4.92 Å². The minimum atomic E-state index is -0.491. The average molecular weight is 321 g/mol. The second-order valence-corrected chi connectivity index (χ2v) is 5.54. The predicted molar refractivity (Wildman–Crippen MR) is 70.9 cm³/mol. The normalized spacial score (nSPS) is 12.1. The summed E-state index contributed by atoms with van der Waals surface area (Å²) in [6.45, 7) is 2.62. The van der Waals surface area contributed by atoms with Crippen LogP contribution in [0.1, 0.15) is 23.0 Å². The smallest absolute Gasteiger partial charge is 0.324 e. The van der Waals surface area contributed by atoms with E-state index in [-0.39, 0.29) is 10.9 Å². The largest absolute Gasteiger partial charge is 0.351 e. The van der Waals surface area contributed by atoms with Gasteiger partial charge in [0.1, 0.15) is 0 Å². The van der Waals surface area contributed by atoms with Crippen molar-refractivity contribution < 1.29 is 9.72 Å². The van der Waals surface area contributed by atoms with E-state index in [1.54, 1.807) is 0 Å². The molecule has 1 N–H and O–H groups in total. The molecule has 1 atom stereocenters. The first-order valence-electron chi connectivity index (χ1n) is 5.13. The summed E-state index contributed by atoms with van der Waals surface area (Å²) in [5, 5.41) is 14.1. The summed E-state index contributed by atoms with van der Waals surface area (Å²) >= 11 is 4.23. The number of alkyl halides is 1. The minimum Gasteiger partial charge on any atom is -0.351 e. The first-order chi connectivity index (χ1) is 8.04. The SMILES string of the molecule is CC(CCBr)CNC(=O)c1ccc([N+](=O)[O-])s1. The zero-order valence-corrected chi connectivity index (χ0v) is 11.7. The molecule has 94 valence electrons.